The molecule has 1 fully saturated rings. The van der Waals surface area contributed by atoms with E-state index in [1.165, 1.54) is 0 Å². The average Bonchev–Trinajstić information content (AvgIpc) is 1.94. The van der Waals surface area contributed by atoms with Crippen LogP contribution < -0.4 is 5.32 Å². The summed E-state index contributed by atoms with van der Waals surface area (Å²) >= 11 is 0. The van der Waals surface area contributed by atoms with Crippen LogP contribution in [0.3, 0.4) is 0 Å². The summed E-state index contributed by atoms with van der Waals surface area (Å²) in [6.45, 7) is 6.89. The first kappa shape index (κ1) is 11.6. The van der Waals surface area contributed by atoms with E-state index in [0.717, 1.165) is 16.7 Å². The van der Waals surface area contributed by atoms with Gasteiger partial charge < -0.3 is 5.32 Å². The number of aryl methyl sites for hydroxylation is 3. The van der Waals surface area contributed by atoms with Crippen LogP contribution >= 0.6 is 0 Å². The number of benzene rings is 1. The Kier molecular flexibility index (Phi) is 2.80. The SMILES string of the molecule is Cc1cc(C)c(S(=O)(=O)C2CNC2)c(C)c1. The van der Waals surface area contributed by atoms with E-state index in [1.54, 1.807) is 0 Å². The highest BCUT2D eigenvalue weighted by atomic mass is 32.2. The smallest absolute Gasteiger partial charge is 0.184 e. The molecule has 0 spiro atoms. The van der Waals surface area contributed by atoms with Gasteiger partial charge in [0.05, 0.1) is 10.1 Å². The molecule has 1 saturated heterocycles. The molecule has 1 heterocycles. The van der Waals surface area contributed by atoms with Crippen molar-refractivity contribution in [2.45, 2.75) is 30.9 Å². The third-order valence-electron chi connectivity index (χ3n) is 3.07. The first-order valence-electron chi connectivity index (χ1n) is 5.45. The van der Waals surface area contributed by atoms with Crippen molar-refractivity contribution in [2.75, 3.05) is 13.1 Å². The van der Waals surface area contributed by atoms with E-state index >= 15 is 0 Å². The molecule has 2 rings (SSSR count). The van der Waals surface area contributed by atoms with Gasteiger partial charge in [-0.05, 0) is 31.9 Å². The van der Waals surface area contributed by atoms with Crippen molar-refractivity contribution in [3.63, 3.8) is 0 Å². The van der Waals surface area contributed by atoms with Gasteiger partial charge in [-0.3, -0.25) is 0 Å². The molecule has 0 aliphatic carbocycles. The van der Waals surface area contributed by atoms with Crippen molar-refractivity contribution in [1.82, 2.24) is 5.32 Å². The lowest BCUT2D eigenvalue weighted by molar-refractivity contribution is 0.494. The second kappa shape index (κ2) is 3.86. The van der Waals surface area contributed by atoms with Gasteiger partial charge in [-0.15, -0.1) is 0 Å². The molecule has 0 atom stereocenters. The number of hydrogen-bond donors (Lipinski definition) is 1. The van der Waals surface area contributed by atoms with Crippen LogP contribution in [0.4, 0.5) is 0 Å². The summed E-state index contributed by atoms with van der Waals surface area (Å²) in [6.07, 6.45) is 0. The maximum atomic E-state index is 12.3. The first-order chi connectivity index (χ1) is 7.43. The summed E-state index contributed by atoms with van der Waals surface area (Å²) in [4.78, 5) is 0.532. The highest BCUT2D eigenvalue weighted by Gasteiger charge is 2.34. The zero-order chi connectivity index (χ0) is 11.9. The molecular weight excluding hydrogens is 222 g/mol. The Morgan fingerprint density at radius 2 is 1.62 bits per heavy atom. The lowest BCUT2D eigenvalue weighted by Gasteiger charge is -2.28. The maximum Gasteiger partial charge on any atom is 0.184 e. The second-order valence-corrected chi connectivity index (χ2v) is 6.72. The molecule has 0 aromatic heterocycles. The zero-order valence-corrected chi connectivity index (χ0v) is 10.7. The minimum atomic E-state index is -3.14. The highest BCUT2D eigenvalue weighted by molar-refractivity contribution is 7.92. The summed E-state index contributed by atoms with van der Waals surface area (Å²) in [5.41, 5.74) is 2.84. The molecule has 0 radical (unpaired) electrons. The molecule has 1 aliphatic rings. The summed E-state index contributed by atoms with van der Waals surface area (Å²) in [5.74, 6) is 0. The molecule has 4 heteroatoms. The van der Waals surface area contributed by atoms with Gasteiger partial charge >= 0.3 is 0 Å². The van der Waals surface area contributed by atoms with Crippen LogP contribution in [-0.4, -0.2) is 26.8 Å². The van der Waals surface area contributed by atoms with Crippen LogP contribution in [0.15, 0.2) is 17.0 Å². The predicted molar refractivity (Wildman–Crippen MR) is 64.5 cm³/mol. The fourth-order valence-corrected chi connectivity index (χ4v) is 4.29. The Hall–Kier alpha value is -0.870. The van der Waals surface area contributed by atoms with Crippen LogP contribution in [-0.2, 0) is 9.84 Å². The van der Waals surface area contributed by atoms with Gasteiger partial charge in [0.15, 0.2) is 9.84 Å². The van der Waals surface area contributed by atoms with Crippen molar-refractivity contribution in [1.29, 1.82) is 0 Å². The molecule has 1 N–H and O–H groups in total. The van der Waals surface area contributed by atoms with E-state index in [9.17, 15) is 8.42 Å². The molecule has 0 unspecified atom stereocenters. The Balaban J connectivity index is 2.55. The molecule has 0 bridgehead atoms. The van der Waals surface area contributed by atoms with Crippen molar-refractivity contribution in [2.24, 2.45) is 0 Å². The molecule has 1 aromatic rings. The van der Waals surface area contributed by atoms with Gasteiger partial charge in [-0.1, -0.05) is 17.7 Å². The van der Waals surface area contributed by atoms with Crippen LogP contribution in [0, 0.1) is 20.8 Å². The summed E-state index contributed by atoms with van der Waals surface area (Å²) in [5, 5.41) is 2.77. The quantitative estimate of drug-likeness (QED) is 0.847. The van der Waals surface area contributed by atoms with Gasteiger partial charge in [0.1, 0.15) is 0 Å². The fourth-order valence-electron chi connectivity index (χ4n) is 2.26. The largest absolute Gasteiger partial charge is 0.314 e. The van der Waals surface area contributed by atoms with Gasteiger partial charge in [-0.2, -0.15) is 0 Å². The molecular formula is C12H17NO2S. The molecule has 1 aliphatic heterocycles. The van der Waals surface area contributed by atoms with Crippen LogP contribution in [0.1, 0.15) is 16.7 Å². The van der Waals surface area contributed by atoms with Gasteiger partial charge in [0.2, 0.25) is 0 Å². The van der Waals surface area contributed by atoms with Gasteiger partial charge in [0.25, 0.3) is 0 Å². The van der Waals surface area contributed by atoms with E-state index in [-0.39, 0.29) is 5.25 Å². The minimum absolute atomic E-state index is 0.243. The lowest BCUT2D eigenvalue weighted by atomic mass is 10.1. The normalized spacial score (nSPS) is 17.2. The summed E-state index contributed by atoms with van der Waals surface area (Å²) in [7, 11) is -3.14. The Labute approximate surface area is 96.8 Å². The fraction of sp³-hybridized carbons (Fsp3) is 0.500. The molecule has 3 nitrogen and oxygen atoms in total. The Morgan fingerprint density at radius 3 is 2.00 bits per heavy atom. The molecule has 16 heavy (non-hydrogen) atoms. The molecule has 0 amide bonds. The van der Waals surface area contributed by atoms with Crippen LogP contribution in [0.2, 0.25) is 0 Å². The van der Waals surface area contributed by atoms with Crippen LogP contribution in [0.5, 0.6) is 0 Å². The third kappa shape index (κ3) is 1.76. The summed E-state index contributed by atoms with van der Waals surface area (Å²) < 4.78 is 24.7. The number of hydrogen-bond acceptors (Lipinski definition) is 3. The van der Waals surface area contributed by atoms with Gasteiger partial charge in [-0.25, -0.2) is 8.42 Å². The van der Waals surface area contributed by atoms with Crippen LogP contribution in [0.25, 0.3) is 0 Å². The van der Waals surface area contributed by atoms with Gasteiger partial charge in [0, 0.05) is 13.1 Å². The van der Waals surface area contributed by atoms with E-state index in [4.69, 9.17) is 0 Å². The van der Waals surface area contributed by atoms with Crippen molar-refractivity contribution in [3.05, 3.63) is 28.8 Å². The number of sulfone groups is 1. The zero-order valence-electron chi connectivity index (χ0n) is 9.87. The van der Waals surface area contributed by atoms with Crippen molar-refractivity contribution < 1.29 is 8.42 Å². The van der Waals surface area contributed by atoms with E-state index in [0.29, 0.717) is 18.0 Å². The highest BCUT2D eigenvalue weighted by Crippen LogP contribution is 2.26. The number of nitrogens with one attached hydrogen (secondary N) is 1. The third-order valence-corrected chi connectivity index (χ3v) is 5.50. The topological polar surface area (TPSA) is 46.2 Å². The van der Waals surface area contributed by atoms with Crippen molar-refractivity contribution >= 4 is 9.84 Å². The lowest BCUT2D eigenvalue weighted by Crippen LogP contribution is -2.51. The predicted octanol–water partition coefficient (Wildman–Crippen LogP) is 1.36. The molecule has 0 saturated carbocycles. The molecule has 1 aromatic carbocycles. The summed E-state index contributed by atoms with van der Waals surface area (Å²) in [6, 6.07) is 3.87. The van der Waals surface area contributed by atoms with Crippen molar-refractivity contribution in [3.8, 4) is 0 Å². The Morgan fingerprint density at radius 1 is 1.12 bits per heavy atom. The number of rotatable bonds is 2. The standard InChI is InChI=1S/C12H17NO2S/c1-8-4-9(2)12(10(3)5-8)16(14,15)11-6-13-7-11/h4-5,11,13H,6-7H2,1-3H3. The first-order valence-corrected chi connectivity index (χ1v) is 7.00. The Bertz CT molecular complexity index is 493. The second-order valence-electron chi connectivity index (χ2n) is 4.55. The van der Waals surface area contributed by atoms with E-state index in [1.807, 2.05) is 32.9 Å². The maximum absolute atomic E-state index is 12.3. The minimum Gasteiger partial charge on any atom is -0.314 e. The monoisotopic (exact) mass is 239 g/mol. The van der Waals surface area contributed by atoms with E-state index < -0.39 is 9.84 Å². The molecule has 88 valence electrons. The van der Waals surface area contributed by atoms with E-state index in [2.05, 4.69) is 5.32 Å². The average molecular weight is 239 g/mol.